The fourth-order valence-corrected chi connectivity index (χ4v) is 1.22. The van der Waals surface area contributed by atoms with Crippen LogP contribution in [0.15, 0.2) is 18.2 Å². The van der Waals surface area contributed by atoms with Gasteiger partial charge in [0.05, 0.1) is 12.3 Å². The van der Waals surface area contributed by atoms with E-state index >= 15 is 0 Å². The highest BCUT2D eigenvalue weighted by Crippen LogP contribution is 2.17. The van der Waals surface area contributed by atoms with Gasteiger partial charge in [0.15, 0.2) is 0 Å². The van der Waals surface area contributed by atoms with E-state index in [0.29, 0.717) is 6.54 Å². The summed E-state index contributed by atoms with van der Waals surface area (Å²) in [7, 11) is 0. The lowest BCUT2D eigenvalue weighted by Crippen LogP contribution is -2.25. The fourth-order valence-electron chi connectivity index (χ4n) is 1.22. The normalized spacial score (nSPS) is 9.36. The molecule has 0 amide bonds. The zero-order valence-corrected chi connectivity index (χ0v) is 9.32. The van der Waals surface area contributed by atoms with E-state index in [9.17, 15) is 0 Å². The van der Waals surface area contributed by atoms with Crippen molar-refractivity contribution in [3.63, 3.8) is 0 Å². The number of anilines is 1. The number of hydrazine groups is 1. The first-order chi connectivity index (χ1) is 6.25. The highest BCUT2D eigenvalue weighted by Gasteiger charge is 1.99. The van der Waals surface area contributed by atoms with Crippen molar-refractivity contribution in [2.45, 2.75) is 13.8 Å². The molecule has 80 valence electrons. The zero-order valence-electron chi connectivity index (χ0n) is 8.50. The van der Waals surface area contributed by atoms with Crippen molar-refractivity contribution in [3.8, 4) is 0 Å². The van der Waals surface area contributed by atoms with Gasteiger partial charge in [-0.05, 0) is 25.0 Å². The second-order valence-electron chi connectivity index (χ2n) is 3.04. The van der Waals surface area contributed by atoms with Crippen LogP contribution < -0.4 is 10.9 Å². The van der Waals surface area contributed by atoms with Crippen molar-refractivity contribution in [2.75, 3.05) is 18.6 Å². The molecule has 0 atom stereocenters. The van der Waals surface area contributed by atoms with E-state index in [1.165, 1.54) is 11.1 Å². The Labute approximate surface area is 90.9 Å². The van der Waals surface area contributed by atoms with Crippen LogP contribution in [0.5, 0.6) is 0 Å². The molecule has 0 saturated heterocycles. The van der Waals surface area contributed by atoms with Gasteiger partial charge in [-0.2, -0.15) is 0 Å². The van der Waals surface area contributed by atoms with E-state index in [4.69, 9.17) is 5.11 Å². The lowest BCUT2D eigenvalue weighted by atomic mass is 10.1. The van der Waals surface area contributed by atoms with Gasteiger partial charge in [0.1, 0.15) is 0 Å². The maximum absolute atomic E-state index is 8.58. The van der Waals surface area contributed by atoms with Gasteiger partial charge in [0.25, 0.3) is 0 Å². The molecular weight excluding hydrogens is 200 g/mol. The summed E-state index contributed by atoms with van der Waals surface area (Å²) in [5.74, 6) is 0. The van der Waals surface area contributed by atoms with Crippen LogP contribution in [0, 0.1) is 13.8 Å². The van der Waals surface area contributed by atoms with Gasteiger partial charge >= 0.3 is 0 Å². The molecule has 0 spiro atoms. The van der Waals surface area contributed by atoms with Gasteiger partial charge in [-0.3, -0.25) is 0 Å². The Bertz CT molecular complexity index is 259. The molecule has 3 N–H and O–H groups in total. The first-order valence-corrected chi connectivity index (χ1v) is 4.41. The molecule has 0 unspecified atom stereocenters. The monoisotopic (exact) mass is 216 g/mol. The molecule has 4 heteroatoms. The Kier molecular flexibility index (Phi) is 6.28. The number of hydrogen-bond acceptors (Lipinski definition) is 3. The summed E-state index contributed by atoms with van der Waals surface area (Å²) in [6.07, 6.45) is 0. The average molecular weight is 217 g/mol. The van der Waals surface area contributed by atoms with Gasteiger partial charge in [0, 0.05) is 6.54 Å². The highest BCUT2D eigenvalue weighted by atomic mass is 35.5. The Balaban J connectivity index is 0.00000169. The Morgan fingerprint density at radius 2 is 1.79 bits per heavy atom. The number of aliphatic hydroxyl groups is 1. The van der Waals surface area contributed by atoms with Crippen LogP contribution in [0.3, 0.4) is 0 Å². The summed E-state index contributed by atoms with van der Waals surface area (Å²) >= 11 is 0. The topological polar surface area (TPSA) is 44.3 Å². The molecule has 0 aromatic heterocycles. The molecule has 0 fully saturated rings. The predicted octanol–water partition coefficient (Wildman–Crippen LogP) is 1.63. The summed E-state index contributed by atoms with van der Waals surface area (Å²) in [4.78, 5) is 0. The number of benzene rings is 1. The van der Waals surface area contributed by atoms with Crippen LogP contribution in [0.25, 0.3) is 0 Å². The van der Waals surface area contributed by atoms with Crippen molar-refractivity contribution in [1.82, 2.24) is 5.43 Å². The van der Waals surface area contributed by atoms with E-state index in [1.807, 2.05) is 6.07 Å². The number of hydrogen-bond donors (Lipinski definition) is 3. The third kappa shape index (κ3) is 3.54. The number of rotatable bonds is 4. The third-order valence-corrected chi connectivity index (χ3v) is 1.93. The van der Waals surface area contributed by atoms with Gasteiger partial charge in [-0.1, -0.05) is 18.2 Å². The first-order valence-electron chi connectivity index (χ1n) is 4.41. The van der Waals surface area contributed by atoms with Crippen LogP contribution in [0.4, 0.5) is 5.69 Å². The summed E-state index contributed by atoms with van der Waals surface area (Å²) in [5, 5.41) is 8.58. The molecule has 0 aliphatic rings. The molecule has 14 heavy (non-hydrogen) atoms. The summed E-state index contributed by atoms with van der Waals surface area (Å²) in [6.45, 7) is 4.79. The molecular formula is C10H17ClN2O. The van der Waals surface area contributed by atoms with E-state index < -0.39 is 0 Å². The quantitative estimate of drug-likeness (QED) is 0.530. The molecule has 1 aromatic rings. The zero-order chi connectivity index (χ0) is 9.68. The minimum atomic E-state index is 0. The van der Waals surface area contributed by atoms with E-state index in [0.717, 1.165) is 5.69 Å². The summed E-state index contributed by atoms with van der Waals surface area (Å²) in [6, 6.07) is 6.13. The summed E-state index contributed by atoms with van der Waals surface area (Å²) < 4.78 is 0. The second-order valence-corrected chi connectivity index (χ2v) is 3.04. The smallest absolute Gasteiger partial charge is 0.0574 e. The number of halogens is 1. The molecule has 0 aliphatic carbocycles. The number of aryl methyl sites for hydroxylation is 2. The van der Waals surface area contributed by atoms with Crippen molar-refractivity contribution in [2.24, 2.45) is 0 Å². The lowest BCUT2D eigenvalue weighted by molar-refractivity contribution is 0.296. The van der Waals surface area contributed by atoms with Gasteiger partial charge in [-0.15, -0.1) is 12.4 Å². The maximum Gasteiger partial charge on any atom is 0.0574 e. The highest BCUT2D eigenvalue weighted by molar-refractivity contribution is 5.85. The molecule has 0 bridgehead atoms. The van der Waals surface area contributed by atoms with Gasteiger partial charge in [0.2, 0.25) is 0 Å². The van der Waals surface area contributed by atoms with Gasteiger partial charge < -0.3 is 10.5 Å². The third-order valence-electron chi connectivity index (χ3n) is 1.93. The van der Waals surface area contributed by atoms with Crippen LogP contribution in [0.1, 0.15) is 11.1 Å². The van der Waals surface area contributed by atoms with Gasteiger partial charge in [-0.25, -0.2) is 5.43 Å². The maximum atomic E-state index is 8.58. The minimum absolute atomic E-state index is 0. The standard InChI is InChI=1S/C10H16N2O.ClH/c1-8-4-3-5-9(2)10(8)12-11-6-7-13;/h3-5,11-13H,6-7H2,1-2H3;1H. The average Bonchev–Trinajstić information content (AvgIpc) is 2.10. The van der Waals surface area contributed by atoms with Crippen LogP contribution >= 0.6 is 12.4 Å². The van der Waals surface area contributed by atoms with Crippen molar-refractivity contribution >= 4 is 18.1 Å². The SMILES string of the molecule is Cc1cccc(C)c1NNCCO.Cl. The molecule has 1 rings (SSSR count). The Hall–Kier alpha value is -0.770. The Morgan fingerprint density at radius 1 is 1.21 bits per heavy atom. The molecule has 3 nitrogen and oxygen atoms in total. The van der Waals surface area contributed by atoms with E-state index in [-0.39, 0.29) is 19.0 Å². The van der Waals surface area contributed by atoms with Crippen LogP contribution in [-0.2, 0) is 0 Å². The fraction of sp³-hybridized carbons (Fsp3) is 0.400. The molecule has 0 aliphatic heterocycles. The lowest BCUT2D eigenvalue weighted by Gasteiger charge is -2.12. The van der Waals surface area contributed by atoms with Crippen LogP contribution in [-0.4, -0.2) is 18.3 Å². The van der Waals surface area contributed by atoms with Crippen LogP contribution in [0.2, 0.25) is 0 Å². The van der Waals surface area contributed by atoms with E-state index in [2.05, 4.69) is 36.8 Å². The first kappa shape index (κ1) is 13.2. The number of nitrogens with one attached hydrogen (secondary N) is 2. The Morgan fingerprint density at radius 3 is 2.29 bits per heavy atom. The van der Waals surface area contributed by atoms with Crippen molar-refractivity contribution < 1.29 is 5.11 Å². The predicted molar refractivity (Wildman–Crippen MR) is 61.9 cm³/mol. The molecule has 1 aromatic carbocycles. The van der Waals surface area contributed by atoms with Crippen molar-refractivity contribution in [1.29, 1.82) is 0 Å². The minimum Gasteiger partial charge on any atom is -0.395 e. The molecule has 0 saturated carbocycles. The number of para-hydroxylation sites is 1. The van der Waals surface area contributed by atoms with E-state index in [1.54, 1.807) is 0 Å². The van der Waals surface area contributed by atoms with Crippen molar-refractivity contribution in [3.05, 3.63) is 29.3 Å². The summed E-state index contributed by atoms with van der Waals surface area (Å²) in [5.41, 5.74) is 9.50. The molecule has 0 heterocycles. The number of aliphatic hydroxyl groups excluding tert-OH is 1. The molecule has 0 radical (unpaired) electrons. The second kappa shape index (κ2) is 6.65. The largest absolute Gasteiger partial charge is 0.395 e.